The van der Waals surface area contributed by atoms with Crippen molar-refractivity contribution < 1.29 is 23.5 Å². The summed E-state index contributed by atoms with van der Waals surface area (Å²) in [6.45, 7) is 11.9. The van der Waals surface area contributed by atoms with Crippen LogP contribution in [0.3, 0.4) is 0 Å². The van der Waals surface area contributed by atoms with E-state index in [9.17, 15) is 18.8 Å². The molecule has 1 aromatic heterocycles. The Hall–Kier alpha value is -2.92. The van der Waals surface area contributed by atoms with Gasteiger partial charge < -0.3 is 20.3 Å². The molecular weight excluding hydrogens is 517 g/mol. The van der Waals surface area contributed by atoms with Crippen molar-refractivity contribution in [3.05, 3.63) is 40.3 Å². The molecule has 0 radical (unpaired) electrons. The predicted octanol–water partition coefficient (Wildman–Crippen LogP) is 6.16. The van der Waals surface area contributed by atoms with Gasteiger partial charge in [0.1, 0.15) is 11.6 Å². The lowest BCUT2D eigenvalue weighted by molar-refractivity contribution is -0.121. The van der Waals surface area contributed by atoms with Crippen LogP contribution >= 0.6 is 11.6 Å². The topological polar surface area (TPSA) is 106 Å². The van der Waals surface area contributed by atoms with Crippen molar-refractivity contribution in [3.8, 4) is 0 Å². The fourth-order valence-electron chi connectivity index (χ4n) is 5.20. The molecule has 3 amide bonds. The third kappa shape index (κ3) is 4.52. The van der Waals surface area contributed by atoms with Crippen LogP contribution in [-0.2, 0) is 21.6 Å². The van der Waals surface area contributed by atoms with Gasteiger partial charge in [0.05, 0.1) is 38.1 Å². The van der Waals surface area contributed by atoms with Gasteiger partial charge in [-0.3, -0.25) is 4.79 Å². The zero-order chi connectivity index (χ0) is 27.3. The van der Waals surface area contributed by atoms with Crippen LogP contribution in [0.15, 0.2) is 18.2 Å². The molecule has 0 bridgehead atoms. The molecule has 1 aromatic carbocycles. The minimum atomic E-state index is -1.90. The van der Waals surface area contributed by atoms with Gasteiger partial charge in [-0.25, -0.2) is 14.0 Å². The van der Waals surface area contributed by atoms with Gasteiger partial charge >= 0.3 is 12.1 Å². The molecule has 1 fully saturated rings. The second kappa shape index (κ2) is 9.43. The number of anilines is 2. The Morgan fingerprint density at radius 2 is 1.86 bits per heavy atom. The molecule has 0 saturated heterocycles. The third-order valence-electron chi connectivity index (χ3n) is 7.72. The largest absolute Gasteiger partial charge is 0.448 e. The van der Waals surface area contributed by atoms with Gasteiger partial charge in [-0.05, 0) is 51.8 Å². The van der Waals surface area contributed by atoms with Gasteiger partial charge in [0.2, 0.25) is 5.91 Å². The average Bonchev–Trinajstić information content (AvgIpc) is 3.23. The Labute approximate surface area is 221 Å². The van der Waals surface area contributed by atoms with Crippen LogP contribution in [-0.4, -0.2) is 47.4 Å². The number of urea groups is 1. The number of hydrogen-bond donors (Lipinski definition) is 2. The van der Waals surface area contributed by atoms with Crippen LogP contribution in [0.4, 0.5) is 25.5 Å². The first-order chi connectivity index (χ1) is 17.2. The molecule has 0 unspecified atom stereocenters. The number of nitrogens with zero attached hydrogens (tertiary/aromatic N) is 3. The molecule has 200 valence electrons. The Morgan fingerprint density at radius 3 is 2.43 bits per heavy atom. The number of aromatic nitrogens is 2. The highest BCUT2D eigenvalue weighted by atomic mass is 35.5. The van der Waals surface area contributed by atoms with Crippen molar-refractivity contribution in [1.82, 2.24) is 14.7 Å². The summed E-state index contributed by atoms with van der Waals surface area (Å²) < 4.78 is 20.6. The summed E-state index contributed by atoms with van der Waals surface area (Å²) in [5.41, 5.74) is -0.0325. The van der Waals surface area contributed by atoms with E-state index in [1.165, 1.54) is 23.1 Å². The molecule has 4 rings (SSSR count). The standard InChI is InChI=1S/C25H33ClFN5O4Si/c1-7-36-23(35)32-20(29-21(33)25(11-8-12-25)37(4,5)6)16-14-31(24(2,3)19(16)30-32)22(34)28-18-13-15(26)9-10-17(18)27/h9-10,13H,7-8,11-12,14H2,1-6H3,(H,28,34)(H,29,33). The normalized spacial score (nSPS) is 17.6. The summed E-state index contributed by atoms with van der Waals surface area (Å²) in [5.74, 6) is -0.543. The van der Waals surface area contributed by atoms with E-state index in [-0.39, 0.29) is 35.6 Å². The van der Waals surface area contributed by atoms with E-state index in [0.29, 0.717) is 11.3 Å². The van der Waals surface area contributed by atoms with Gasteiger partial charge in [0.15, 0.2) is 0 Å². The summed E-state index contributed by atoms with van der Waals surface area (Å²) in [7, 11) is -1.90. The predicted molar refractivity (Wildman–Crippen MR) is 142 cm³/mol. The number of fused-ring (bicyclic) bond motifs is 1. The molecule has 1 saturated carbocycles. The number of hydrogen-bond acceptors (Lipinski definition) is 5. The van der Waals surface area contributed by atoms with E-state index in [1.807, 2.05) is 0 Å². The number of ether oxygens (including phenoxy) is 1. The van der Waals surface area contributed by atoms with Gasteiger partial charge in [-0.15, -0.1) is 4.68 Å². The Morgan fingerprint density at radius 1 is 1.19 bits per heavy atom. The van der Waals surface area contributed by atoms with Crippen LogP contribution in [0.1, 0.15) is 51.3 Å². The molecule has 2 aliphatic rings. The molecular formula is C25H33ClFN5O4Si. The van der Waals surface area contributed by atoms with Gasteiger partial charge in [0.25, 0.3) is 0 Å². The lowest BCUT2D eigenvalue weighted by Gasteiger charge is -2.48. The van der Waals surface area contributed by atoms with E-state index < -0.39 is 36.6 Å². The van der Waals surface area contributed by atoms with E-state index >= 15 is 0 Å². The number of benzene rings is 1. The third-order valence-corrected chi connectivity index (χ3v) is 11.6. The molecule has 37 heavy (non-hydrogen) atoms. The van der Waals surface area contributed by atoms with Crippen molar-refractivity contribution in [2.24, 2.45) is 0 Å². The fraction of sp³-hybridized carbons (Fsp3) is 0.520. The number of carbonyl (C=O) groups is 3. The minimum absolute atomic E-state index is 0.0469. The summed E-state index contributed by atoms with van der Waals surface area (Å²) >= 11 is 5.97. The first kappa shape index (κ1) is 27.1. The minimum Gasteiger partial charge on any atom is -0.448 e. The van der Waals surface area contributed by atoms with Crippen LogP contribution in [0.25, 0.3) is 0 Å². The SMILES string of the molecule is CCOC(=O)n1nc2c(c1NC(=O)C1([Si](C)(C)C)CCC1)CN(C(=O)Nc1cc(Cl)ccc1F)C2(C)C. The second-order valence-corrected chi connectivity index (χ2v) is 17.0. The Kier molecular flexibility index (Phi) is 6.91. The number of rotatable bonds is 5. The van der Waals surface area contributed by atoms with Crippen molar-refractivity contribution >= 4 is 49.2 Å². The van der Waals surface area contributed by atoms with Crippen LogP contribution in [0, 0.1) is 5.82 Å². The average molecular weight is 550 g/mol. The highest BCUT2D eigenvalue weighted by Gasteiger charge is 2.54. The van der Waals surface area contributed by atoms with Crippen molar-refractivity contribution in [2.45, 2.75) is 76.8 Å². The molecule has 0 spiro atoms. The number of halogens is 2. The maximum atomic E-state index is 14.3. The van der Waals surface area contributed by atoms with Crippen molar-refractivity contribution in [3.63, 3.8) is 0 Å². The second-order valence-electron chi connectivity index (χ2n) is 11.1. The number of nitrogens with one attached hydrogen (secondary N) is 2. The van der Waals surface area contributed by atoms with Crippen LogP contribution in [0.5, 0.6) is 0 Å². The van der Waals surface area contributed by atoms with E-state index in [0.717, 1.165) is 23.9 Å². The molecule has 1 aliphatic heterocycles. The lowest BCUT2D eigenvalue weighted by atomic mass is 9.83. The zero-order valence-electron chi connectivity index (χ0n) is 22.0. The highest BCUT2D eigenvalue weighted by Crippen LogP contribution is 2.56. The van der Waals surface area contributed by atoms with E-state index in [4.69, 9.17) is 16.3 Å². The fourth-order valence-corrected chi connectivity index (χ4v) is 7.97. The molecule has 0 atom stereocenters. The molecule has 2 N–H and O–H groups in total. The van der Waals surface area contributed by atoms with Gasteiger partial charge in [-0.2, -0.15) is 5.10 Å². The molecule has 9 nitrogen and oxygen atoms in total. The monoisotopic (exact) mass is 549 g/mol. The highest BCUT2D eigenvalue weighted by molar-refractivity contribution is 6.83. The summed E-state index contributed by atoms with van der Waals surface area (Å²) in [4.78, 5) is 41.2. The lowest BCUT2D eigenvalue weighted by Crippen LogP contribution is -2.52. The first-order valence-corrected chi connectivity index (χ1v) is 16.3. The summed E-state index contributed by atoms with van der Waals surface area (Å²) in [6.07, 6.45) is 1.87. The number of carbonyl (C=O) groups excluding carboxylic acids is 3. The van der Waals surface area contributed by atoms with Gasteiger partial charge in [0, 0.05) is 15.6 Å². The molecule has 2 heterocycles. The number of amides is 3. The van der Waals surface area contributed by atoms with E-state index in [1.54, 1.807) is 20.8 Å². The smallest absolute Gasteiger partial charge is 0.436 e. The molecule has 2 aromatic rings. The zero-order valence-corrected chi connectivity index (χ0v) is 23.8. The van der Waals surface area contributed by atoms with Gasteiger partial charge in [-0.1, -0.05) is 37.7 Å². The van der Waals surface area contributed by atoms with Crippen LogP contribution < -0.4 is 10.6 Å². The van der Waals surface area contributed by atoms with Crippen molar-refractivity contribution in [2.75, 3.05) is 17.2 Å². The van der Waals surface area contributed by atoms with Crippen molar-refractivity contribution in [1.29, 1.82) is 0 Å². The van der Waals surface area contributed by atoms with E-state index in [2.05, 4.69) is 35.4 Å². The maximum Gasteiger partial charge on any atom is 0.436 e. The molecule has 12 heteroatoms. The maximum absolute atomic E-state index is 14.3. The Bertz CT molecular complexity index is 1270. The summed E-state index contributed by atoms with van der Waals surface area (Å²) in [5, 5.41) is 9.91. The Balaban J connectivity index is 1.69. The summed E-state index contributed by atoms with van der Waals surface area (Å²) in [6, 6.07) is 3.33. The first-order valence-electron chi connectivity index (χ1n) is 12.4. The van der Waals surface area contributed by atoms with Crippen LogP contribution in [0.2, 0.25) is 29.7 Å². The quantitative estimate of drug-likeness (QED) is 0.434. The molecule has 1 aliphatic carbocycles.